The number of hydrogen-bond donors (Lipinski definition) is 0. The maximum atomic E-state index is 13.2. The monoisotopic (exact) mass is 474 g/mol. The molecule has 0 spiro atoms. The van der Waals surface area contributed by atoms with Gasteiger partial charge in [-0.2, -0.15) is 0 Å². The lowest BCUT2D eigenvalue weighted by Crippen LogP contribution is -2.37. The Morgan fingerprint density at radius 2 is 1.71 bits per heavy atom. The molecule has 2 amide bonds. The Morgan fingerprint density at radius 3 is 2.53 bits per heavy atom. The lowest BCUT2D eigenvalue weighted by molar-refractivity contribution is -0.130. The molecule has 34 heavy (non-hydrogen) atoms. The number of benzene rings is 2. The summed E-state index contributed by atoms with van der Waals surface area (Å²) in [5, 5.41) is 9.47. The second kappa shape index (κ2) is 8.47. The Morgan fingerprint density at radius 1 is 0.971 bits per heavy atom. The molecule has 0 radical (unpaired) electrons. The van der Waals surface area contributed by atoms with Gasteiger partial charge in [0.05, 0.1) is 16.8 Å². The number of carbonyl (C=O) groups is 2. The summed E-state index contributed by atoms with van der Waals surface area (Å²) in [6.07, 6.45) is 3.00. The third kappa shape index (κ3) is 3.46. The first kappa shape index (κ1) is 21.2. The smallest absolute Gasteiger partial charge is 0.242 e. The average molecular weight is 475 g/mol. The molecule has 9 heteroatoms. The zero-order chi connectivity index (χ0) is 23.2. The van der Waals surface area contributed by atoms with Crippen molar-refractivity contribution in [3.05, 3.63) is 54.1 Å². The summed E-state index contributed by atoms with van der Waals surface area (Å²) in [5.74, 6) is 1.07. The quantitative estimate of drug-likeness (QED) is 0.415. The molecule has 0 bridgehead atoms. The van der Waals surface area contributed by atoms with Gasteiger partial charge in [0, 0.05) is 24.8 Å². The summed E-state index contributed by atoms with van der Waals surface area (Å²) in [5.41, 5.74) is 4.09. The normalized spacial score (nSPS) is 17.7. The van der Waals surface area contributed by atoms with E-state index < -0.39 is 0 Å². The van der Waals surface area contributed by atoms with Gasteiger partial charge in [0.15, 0.2) is 5.16 Å². The van der Waals surface area contributed by atoms with E-state index in [0.29, 0.717) is 10.9 Å². The number of aromatic nitrogens is 4. The summed E-state index contributed by atoms with van der Waals surface area (Å²) in [6, 6.07) is 16.2. The third-order valence-electron chi connectivity index (χ3n) is 6.82. The molecular formula is C25H26N6O2S. The SMILES string of the molecule is CC1Cc2ccccc2N1C(=O)CSc1nnc2n(CC(=O)N3CCCC3)c3ccccc3n12. The molecule has 2 aromatic heterocycles. The Balaban J connectivity index is 1.28. The first-order valence-corrected chi connectivity index (χ1v) is 12.7. The second-order valence-electron chi connectivity index (χ2n) is 9.02. The highest BCUT2D eigenvalue weighted by Gasteiger charge is 2.31. The highest BCUT2D eigenvalue weighted by atomic mass is 32.2. The maximum Gasteiger partial charge on any atom is 0.242 e. The molecule has 1 saturated heterocycles. The van der Waals surface area contributed by atoms with E-state index >= 15 is 0 Å². The van der Waals surface area contributed by atoms with Crippen LogP contribution in [0.2, 0.25) is 0 Å². The molecule has 0 N–H and O–H groups in total. The fraction of sp³-hybridized carbons (Fsp3) is 0.360. The van der Waals surface area contributed by atoms with Gasteiger partial charge < -0.3 is 9.80 Å². The number of amides is 2. The van der Waals surface area contributed by atoms with Gasteiger partial charge >= 0.3 is 0 Å². The van der Waals surface area contributed by atoms with E-state index in [4.69, 9.17) is 0 Å². The second-order valence-corrected chi connectivity index (χ2v) is 9.96. The minimum Gasteiger partial charge on any atom is -0.341 e. The number of imidazole rings is 1. The zero-order valence-electron chi connectivity index (χ0n) is 19.1. The Bertz CT molecular complexity index is 1400. The van der Waals surface area contributed by atoms with E-state index in [0.717, 1.165) is 49.1 Å². The number of para-hydroxylation sites is 3. The maximum absolute atomic E-state index is 13.2. The lowest BCUT2D eigenvalue weighted by atomic mass is 10.1. The van der Waals surface area contributed by atoms with Gasteiger partial charge in [0.25, 0.3) is 0 Å². The van der Waals surface area contributed by atoms with E-state index in [1.54, 1.807) is 0 Å². The van der Waals surface area contributed by atoms with Gasteiger partial charge in [-0.25, -0.2) is 0 Å². The van der Waals surface area contributed by atoms with Gasteiger partial charge in [0.1, 0.15) is 6.54 Å². The zero-order valence-corrected chi connectivity index (χ0v) is 19.9. The Labute approximate surface area is 201 Å². The van der Waals surface area contributed by atoms with Crippen molar-refractivity contribution in [3.63, 3.8) is 0 Å². The van der Waals surface area contributed by atoms with Crippen LogP contribution in [0.25, 0.3) is 16.8 Å². The van der Waals surface area contributed by atoms with Gasteiger partial charge in [-0.3, -0.25) is 18.6 Å². The van der Waals surface area contributed by atoms with Crippen molar-refractivity contribution >= 4 is 46.1 Å². The van der Waals surface area contributed by atoms with Crippen molar-refractivity contribution in [3.8, 4) is 0 Å². The number of hydrogen-bond acceptors (Lipinski definition) is 5. The number of likely N-dealkylation sites (tertiary alicyclic amines) is 1. The molecule has 1 atom stereocenters. The molecule has 4 aromatic rings. The molecule has 8 nitrogen and oxygen atoms in total. The van der Waals surface area contributed by atoms with Crippen LogP contribution in [-0.2, 0) is 22.6 Å². The van der Waals surface area contributed by atoms with E-state index in [9.17, 15) is 9.59 Å². The highest BCUT2D eigenvalue weighted by Crippen LogP contribution is 2.33. The van der Waals surface area contributed by atoms with Crippen LogP contribution in [0.4, 0.5) is 5.69 Å². The minimum absolute atomic E-state index is 0.0622. The molecule has 0 aliphatic carbocycles. The first-order chi connectivity index (χ1) is 16.6. The molecule has 4 heterocycles. The molecule has 2 aliphatic heterocycles. The first-order valence-electron chi connectivity index (χ1n) is 11.7. The van der Waals surface area contributed by atoms with Crippen LogP contribution in [0.15, 0.2) is 53.7 Å². The number of rotatable bonds is 5. The average Bonchev–Trinajstić information content (AvgIpc) is 3.62. The Kier molecular flexibility index (Phi) is 5.28. The fourth-order valence-corrected chi connectivity index (χ4v) is 6.03. The summed E-state index contributed by atoms with van der Waals surface area (Å²) in [7, 11) is 0. The van der Waals surface area contributed by atoms with Crippen molar-refractivity contribution in [2.24, 2.45) is 0 Å². The van der Waals surface area contributed by atoms with E-state index in [1.165, 1.54) is 17.3 Å². The van der Waals surface area contributed by atoms with E-state index in [1.807, 2.05) is 61.2 Å². The summed E-state index contributed by atoms with van der Waals surface area (Å²) in [4.78, 5) is 29.9. The van der Waals surface area contributed by atoms with Crippen LogP contribution in [-0.4, -0.2) is 60.8 Å². The number of nitrogens with zero attached hydrogens (tertiary/aromatic N) is 6. The van der Waals surface area contributed by atoms with Crippen LogP contribution >= 0.6 is 11.8 Å². The largest absolute Gasteiger partial charge is 0.341 e. The van der Waals surface area contributed by atoms with Gasteiger partial charge in [-0.05, 0) is 49.9 Å². The number of thioether (sulfide) groups is 1. The van der Waals surface area contributed by atoms with Crippen LogP contribution in [0, 0.1) is 0 Å². The van der Waals surface area contributed by atoms with Crippen molar-refractivity contribution < 1.29 is 9.59 Å². The van der Waals surface area contributed by atoms with Crippen LogP contribution in [0.1, 0.15) is 25.3 Å². The van der Waals surface area contributed by atoms with Crippen LogP contribution < -0.4 is 4.90 Å². The Hall–Kier alpha value is -3.33. The number of carbonyl (C=O) groups excluding carboxylic acids is 2. The molecule has 174 valence electrons. The predicted octanol–water partition coefficient (Wildman–Crippen LogP) is 3.38. The third-order valence-corrected chi connectivity index (χ3v) is 7.74. The van der Waals surface area contributed by atoms with Gasteiger partial charge in [-0.1, -0.05) is 42.1 Å². The van der Waals surface area contributed by atoms with Gasteiger partial charge in [-0.15, -0.1) is 10.2 Å². The van der Waals surface area contributed by atoms with E-state index in [-0.39, 0.29) is 30.2 Å². The standard InChI is InChI=1S/C25H26N6O2S/c1-17-14-18-8-2-3-9-19(18)30(17)23(33)16-34-25-27-26-24-29(15-22(32)28-12-6-7-13-28)20-10-4-5-11-21(20)31(24)25/h2-5,8-11,17H,6-7,12-16H2,1H3. The summed E-state index contributed by atoms with van der Waals surface area (Å²) >= 11 is 1.39. The highest BCUT2D eigenvalue weighted by molar-refractivity contribution is 7.99. The number of fused-ring (bicyclic) bond motifs is 4. The molecule has 2 aromatic carbocycles. The van der Waals surface area contributed by atoms with Crippen molar-refractivity contribution in [1.82, 2.24) is 24.1 Å². The number of anilines is 1. The summed E-state index contributed by atoms with van der Waals surface area (Å²) in [6.45, 7) is 3.97. The van der Waals surface area contributed by atoms with Crippen LogP contribution in [0.5, 0.6) is 0 Å². The molecule has 1 fully saturated rings. The molecule has 6 rings (SSSR count). The summed E-state index contributed by atoms with van der Waals surface area (Å²) < 4.78 is 3.90. The minimum atomic E-state index is 0.0622. The van der Waals surface area contributed by atoms with Crippen molar-refractivity contribution in [1.29, 1.82) is 0 Å². The van der Waals surface area contributed by atoms with Crippen molar-refractivity contribution in [2.75, 3.05) is 23.7 Å². The lowest BCUT2D eigenvalue weighted by Gasteiger charge is -2.22. The molecule has 1 unspecified atom stereocenters. The predicted molar refractivity (Wildman–Crippen MR) is 132 cm³/mol. The fourth-order valence-electron chi connectivity index (χ4n) is 5.23. The molecular weight excluding hydrogens is 448 g/mol. The molecule has 2 aliphatic rings. The van der Waals surface area contributed by atoms with Crippen LogP contribution in [0.3, 0.4) is 0 Å². The molecule has 0 saturated carbocycles. The van der Waals surface area contributed by atoms with Crippen molar-refractivity contribution in [2.45, 2.75) is 43.9 Å². The van der Waals surface area contributed by atoms with E-state index in [2.05, 4.69) is 23.2 Å². The topological polar surface area (TPSA) is 75.7 Å². The van der Waals surface area contributed by atoms with Gasteiger partial charge in [0.2, 0.25) is 17.6 Å².